The normalized spacial score (nSPS) is 11.9. The van der Waals surface area contributed by atoms with Crippen LogP contribution in [0.3, 0.4) is 0 Å². The van der Waals surface area contributed by atoms with Gasteiger partial charge >= 0.3 is 0 Å². The minimum Gasteiger partial charge on any atom is -0.475 e. The molecule has 5 heteroatoms. The van der Waals surface area contributed by atoms with Crippen LogP contribution in [0.1, 0.15) is 45.7 Å². The molecule has 0 atom stereocenters. The minimum atomic E-state index is -0.228. The van der Waals surface area contributed by atoms with Gasteiger partial charge in [-0.05, 0) is 42.7 Å². The third-order valence-corrected chi connectivity index (χ3v) is 4.60. The Morgan fingerprint density at radius 2 is 1.75 bits per heavy atom. The fourth-order valence-electron chi connectivity index (χ4n) is 3.28. The molecule has 2 aromatic carbocycles. The van der Waals surface area contributed by atoms with Gasteiger partial charge in [-0.2, -0.15) is 0 Å². The third-order valence-electron chi connectivity index (χ3n) is 4.60. The number of benzene rings is 2. The summed E-state index contributed by atoms with van der Waals surface area (Å²) in [4.78, 5) is 29.4. The molecule has 5 nitrogen and oxygen atoms in total. The van der Waals surface area contributed by atoms with Crippen molar-refractivity contribution < 1.29 is 14.3 Å². The van der Waals surface area contributed by atoms with E-state index in [2.05, 4.69) is 10.3 Å². The first-order chi connectivity index (χ1) is 13.5. The average Bonchev–Trinajstić information content (AvgIpc) is 2.99. The highest BCUT2D eigenvalue weighted by molar-refractivity contribution is 6.22. The Labute approximate surface area is 163 Å². The lowest BCUT2D eigenvalue weighted by Crippen LogP contribution is -2.23. The van der Waals surface area contributed by atoms with Crippen molar-refractivity contribution in [3.8, 4) is 17.0 Å². The van der Waals surface area contributed by atoms with Crippen LogP contribution in [0, 0.1) is 0 Å². The first kappa shape index (κ1) is 17.9. The predicted octanol–water partition coefficient (Wildman–Crippen LogP) is 4.01. The smallest absolute Gasteiger partial charge is 0.251 e. The number of pyridine rings is 1. The summed E-state index contributed by atoms with van der Waals surface area (Å²) in [5.74, 6) is 0.293. The van der Waals surface area contributed by atoms with E-state index in [0.29, 0.717) is 29.1 Å². The second-order valence-corrected chi connectivity index (χ2v) is 6.99. The number of carbonyl (C=O) groups is 2. The maximum Gasteiger partial charge on any atom is 0.251 e. The number of amides is 1. The Morgan fingerprint density at radius 1 is 1.00 bits per heavy atom. The SMILES string of the molecule is CC(C)Oc1ccc(CNC(=O)c2ccc3c(c2)C(=O)c2ccccc2-3)cn1. The monoisotopic (exact) mass is 372 g/mol. The summed E-state index contributed by atoms with van der Waals surface area (Å²) in [6.45, 7) is 4.23. The van der Waals surface area contributed by atoms with Crippen LogP contribution in [-0.2, 0) is 6.54 Å². The molecule has 0 bridgehead atoms. The van der Waals surface area contributed by atoms with Crippen molar-refractivity contribution in [3.05, 3.63) is 83.0 Å². The summed E-state index contributed by atoms with van der Waals surface area (Å²) in [6.07, 6.45) is 1.74. The summed E-state index contributed by atoms with van der Waals surface area (Å²) in [6, 6.07) is 16.4. The predicted molar refractivity (Wildman–Crippen MR) is 106 cm³/mol. The summed E-state index contributed by atoms with van der Waals surface area (Å²) in [5, 5.41) is 2.87. The van der Waals surface area contributed by atoms with Gasteiger partial charge in [-0.1, -0.05) is 36.4 Å². The number of fused-ring (bicyclic) bond motifs is 3. The molecule has 1 amide bonds. The first-order valence-electron chi connectivity index (χ1n) is 9.21. The average molecular weight is 372 g/mol. The number of hydrogen-bond donors (Lipinski definition) is 1. The van der Waals surface area contributed by atoms with Crippen molar-refractivity contribution in [1.29, 1.82) is 0 Å². The Balaban J connectivity index is 1.46. The van der Waals surface area contributed by atoms with Crippen LogP contribution in [0.15, 0.2) is 60.8 Å². The molecule has 4 rings (SSSR count). The number of ketones is 1. The highest BCUT2D eigenvalue weighted by Crippen LogP contribution is 2.36. The lowest BCUT2D eigenvalue weighted by atomic mass is 10.0. The van der Waals surface area contributed by atoms with E-state index in [1.165, 1.54) is 0 Å². The van der Waals surface area contributed by atoms with Crippen LogP contribution in [0.4, 0.5) is 0 Å². The number of ether oxygens (including phenoxy) is 1. The maximum atomic E-state index is 12.6. The Kier molecular flexibility index (Phi) is 4.65. The molecule has 0 unspecified atom stereocenters. The number of aromatic nitrogens is 1. The van der Waals surface area contributed by atoms with E-state index < -0.39 is 0 Å². The van der Waals surface area contributed by atoms with Crippen LogP contribution in [0.5, 0.6) is 5.88 Å². The van der Waals surface area contributed by atoms with Crippen molar-refractivity contribution in [2.45, 2.75) is 26.5 Å². The molecule has 0 fully saturated rings. The Hall–Kier alpha value is -3.47. The van der Waals surface area contributed by atoms with Crippen LogP contribution in [-0.4, -0.2) is 22.8 Å². The zero-order valence-corrected chi connectivity index (χ0v) is 15.7. The van der Waals surface area contributed by atoms with Gasteiger partial charge < -0.3 is 10.1 Å². The van der Waals surface area contributed by atoms with Crippen molar-refractivity contribution in [2.75, 3.05) is 0 Å². The molecule has 0 saturated heterocycles. The fraction of sp³-hybridized carbons (Fsp3) is 0.174. The zero-order chi connectivity index (χ0) is 19.7. The third kappa shape index (κ3) is 3.39. The van der Waals surface area contributed by atoms with E-state index in [9.17, 15) is 9.59 Å². The summed E-state index contributed by atoms with van der Waals surface area (Å²) < 4.78 is 5.51. The van der Waals surface area contributed by atoms with Crippen LogP contribution < -0.4 is 10.1 Å². The topological polar surface area (TPSA) is 68.3 Å². The second kappa shape index (κ2) is 7.27. The fourth-order valence-corrected chi connectivity index (χ4v) is 3.28. The maximum absolute atomic E-state index is 12.6. The van der Waals surface area contributed by atoms with E-state index in [4.69, 9.17) is 4.74 Å². The van der Waals surface area contributed by atoms with Gasteiger partial charge in [-0.3, -0.25) is 9.59 Å². The van der Waals surface area contributed by atoms with Crippen molar-refractivity contribution in [3.63, 3.8) is 0 Å². The Bertz CT molecular complexity index is 1060. The number of carbonyl (C=O) groups excluding carboxylic acids is 2. The van der Waals surface area contributed by atoms with Crippen LogP contribution in [0.2, 0.25) is 0 Å². The van der Waals surface area contributed by atoms with Gasteiger partial charge in [0.1, 0.15) is 0 Å². The van der Waals surface area contributed by atoms with E-state index >= 15 is 0 Å². The lowest BCUT2D eigenvalue weighted by molar-refractivity contribution is 0.0951. The number of hydrogen-bond acceptors (Lipinski definition) is 4. The van der Waals surface area contributed by atoms with Gasteiger partial charge in [0.05, 0.1) is 6.10 Å². The van der Waals surface area contributed by atoms with Gasteiger partial charge in [-0.15, -0.1) is 0 Å². The van der Waals surface area contributed by atoms with Gasteiger partial charge in [0.15, 0.2) is 5.78 Å². The molecular weight excluding hydrogens is 352 g/mol. The molecule has 0 spiro atoms. The largest absolute Gasteiger partial charge is 0.475 e. The van der Waals surface area contributed by atoms with E-state index in [1.54, 1.807) is 24.4 Å². The highest BCUT2D eigenvalue weighted by atomic mass is 16.5. The molecule has 1 N–H and O–H groups in total. The van der Waals surface area contributed by atoms with Crippen molar-refractivity contribution in [2.24, 2.45) is 0 Å². The number of rotatable bonds is 5. The molecule has 1 aromatic heterocycles. The highest BCUT2D eigenvalue weighted by Gasteiger charge is 2.26. The first-order valence-corrected chi connectivity index (χ1v) is 9.21. The lowest BCUT2D eigenvalue weighted by Gasteiger charge is -2.10. The molecule has 0 aliphatic heterocycles. The van der Waals surface area contributed by atoms with Crippen molar-refractivity contribution >= 4 is 11.7 Å². The molecular formula is C23H20N2O3. The molecule has 1 heterocycles. The van der Waals surface area contributed by atoms with Crippen molar-refractivity contribution in [1.82, 2.24) is 10.3 Å². The summed E-state index contributed by atoms with van der Waals surface area (Å²) in [5.41, 5.74) is 4.39. The van der Waals surface area contributed by atoms with E-state index in [1.807, 2.05) is 50.2 Å². The summed E-state index contributed by atoms with van der Waals surface area (Å²) in [7, 11) is 0. The zero-order valence-electron chi connectivity index (χ0n) is 15.7. The van der Waals surface area contributed by atoms with Crippen LogP contribution in [0.25, 0.3) is 11.1 Å². The van der Waals surface area contributed by atoms with Gasteiger partial charge in [0.25, 0.3) is 5.91 Å². The standard InChI is InChI=1S/C23H20N2O3/c1-14(2)28-21-10-7-15(12-24-21)13-25-23(27)16-8-9-18-17-5-3-4-6-19(17)22(26)20(18)11-16/h3-12,14H,13H2,1-2H3,(H,25,27). The molecule has 28 heavy (non-hydrogen) atoms. The summed E-state index contributed by atoms with van der Waals surface area (Å²) >= 11 is 0. The molecule has 1 aliphatic rings. The molecule has 140 valence electrons. The van der Waals surface area contributed by atoms with Gasteiger partial charge in [-0.25, -0.2) is 4.98 Å². The molecule has 1 aliphatic carbocycles. The quantitative estimate of drug-likeness (QED) is 0.575. The Morgan fingerprint density at radius 3 is 2.46 bits per heavy atom. The molecule has 3 aromatic rings. The number of nitrogens with one attached hydrogen (secondary N) is 1. The van der Waals surface area contributed by atoms with Crippen LogP contribution >= 0.6 is 0 Å². The van der Waals surface area contributed by atoms with E-state index in [-0.39, 0.29) is 17.8 Å². The molecule has 0 saturated carbocycles. The number of nitrogens with zero attached hydrogens (tertiary/aromatic N) is 1. The van der Waals surface area contributed by atoms with E-state index in [0.717, 1.165) is 16.7 Å². The minimum absolute atomic E-state index is 0.0369. The molecule has 0 radical (unpaired) electrons. The van der Waals surface area contributed by atoms with Gasteiger partial charge in [0.2, 0.25) is 5.88 Å². The second-order valence-electron chi connectivity index (χ2n) is 6.99. The van der Waals surface area contributed by atoms with Gasteiger partial charge in [0, 0.05) is 35.5 Å².